The van der Waals surface area contributed by atoms with E-state index in [2.05, 4.69) is 19.2 Å². The van der Waals surface area contributed by atoms with Crippen LogP contribution in [-0.4, -0.2) is 6.04 Å². The number of hydrogen-bond donors (Lipinski definition) is 1. The first kappa shape index (κ1) is 9.78. The van der Waals surface area contributed by atoms with E-state index in [1.54, 1.807) is 6.26 Å². The van der Waals surface area contributed by atoms with Crippen molar-refractivity contribution < 1.29 is 4.42 Å². The quantitative estimate of drug-likeness (QED) is 0.794. The van der Waals surface area contributed by atoms with E-state index in [1.165, 1.54) is 19.3 Å². The Morgan fingerprint density at radius 2 is 2.21 bits per heavy atom. The van der Waals surface area contributed by atoms with Gasteiger partial charge in [0.25, 0.3) is 0 Å². The largest absolute Gasteiger partial charge is 0.468 e. The highest BCUT2D eigenvalue weighted by Crippen LogP contribution is 2.30. The van der Waals surface area contributed by atoms with Gasteiger partial charge in [-0.2, -0.15) is 0 Å². The molecule has 0 saturated heterocycles. The fourth-order valence-electron chi connectivity index (χ4n) is 2.09. The highest BCUT2D eigenvalue weighted by Gasteiger charge is 2.25. The SMILES string of the molecule is CC(NC(C)C1CCC1)c1ccco1. The van der Waals surface area contributed by atoms with Crippen molar-refractivity contribution in [3.63, 3.8) is 0 Å². The molecule has 78 valence electrons. The molecular formula is C12H19NO. The molecule has 1 aliphatic rings. The van der Waals surface area contributed by atoms with Crippen LogP contribution in [0.4, 0.5) is 0 Å². The van der Waals surface area contributed by atoms with Gasteiger partial charge in [-0.3, -0.25) is 0 Å². The van der Waals surface area contributed by atoms with Crippen molar-refractivity contribution in [2.24, 2.45) is 5.92 Å². The minimum Gasteiger partial charge on any atom is -0.468 e. The Bertz CT molecular complexity index is 264. The summed E-state index contributed by atoms with van der Waals surface area (Å²) >= 11 is 0. The molecule has 2 heteroatoms. The van der Waals surface area contributed by atoms with Crippen LogP contribution < -0.4 is 5.32 Å². The molecule has 1 fully saturated rings. The molecule has 2 atom stereocenters. The topological polar surface area (TPSA) is 25.2 Å². The average molecular weight is 193 g/mol. The molecule has 2 nitrogen and oxygen atoms in total. The van der Waals surface area contributed by atoms with Crippen LogP contribution in [0.1, 0.15) is 44.9 Å². The van der Waals surface area contributed by atoms with Crippen LogP contribution in [0.3, 0.4) is 0 Å². The molecule has 2 rings (SSSR count). The zero-order chi connectivity index (χ0) is 9.97. The Morgan fingerprint density at radius 1 is 1.43 bits per heavy atom. The number of hydrogen-bond acceptors (Lipinski definition) is 2. The lowest BCUT2D eigenvalue weighted by atomic mass is 9.80. The maximum absolute atomic E-state index is 5.37. The zero-order valence-electron chi connectivity index (χ0n) is 8.99. The fraction of sp³-hybridized carbons (Fsp3) is 0.667. The molecule has 0 aliphatic heterocycles. The van der Waals surface area contributed by atoms with Gasteiger partial charge in [0, 0.05) is 6.04 Å². The number of nitrogens with one attached hydrogen (secondary N) is 1. The third kappa shape index (κ3) is 2.01. The Kier molecular flexibility index (Phi) is 2.92. The summed E-state index contributed by atoms with van der Waals surface area (Å²) in [4.78, 5) is 0. The van der Waals surface area contributed by atoms with Gasteiger partial charge in [0.15, 0.2) is 0 Å². The van der Waals surface area contributed by atoms with Gasteiger partial charge >= 0.3 is 0 Å². The van der Waals surface area contributed by atoms with E-state index in [0.29, 0.717) is 12.1 Å². The average Bonchev–Trinajstić information content (AvgIpc) is 2.51. The molecule has 1 aliphatic carbocycles. The van der Waals surface area contributed by atoms with Gasteiger partial charge in [0.05, 0.1) is 12.3 Å². The maximum atomic E-state index is 5.37. The summed E-state index contributed by atoms with van der Waals surface area (Å²) in [6.07, 6.45) is 5.92. The van der Waals surface area contributed by atoms with Crippen LogP contribution in [-0.2, 0) is 0 Å². The molecule has 1 aromatic heterocycles. The maximum Gasteiger partial charge on any atom is 0.120 e. The van der Waals surface area contributed by atoms with Crippen LogP contribution in [0.2, 0.25) is 0 Å². The number of furan rings is 1. The predicted octanol–water partition coefficient (Wildman–Crippen LogP) is 3.12. The van der Waals surface area contributed by atoms with Gasteiger partial charge in [-0.15, -0.1) is 0 Å². The lowest BCUT2D eigenvalue weighted by molar-refractivity contribution is 0.223. The third-order valence-electron chi connectivity index (χ3n) is 3.34. The minimum absolute atomic E-state index is 0.334. The molecule has 1 saturated carbocycles. The molecular weight excluding hydrogens is 174 g/mol. The van der Waals surface area contributed by atoms with Gasteiger partial charge in [0.2, 0.25) is 0 Å². The van der Waals surface area contributed by atoms with Crippen LogP contribution >= 0.6 is 0 Å². The smallest absolute Gasteiger partial charge is 0.120 e. The lowest BCUT2D eigenvalue weighted by Crippen LogP contribution is -2.38. The highest BCUT2D eigenvalue weighted by atomic mass is 16.3. The van der Waals surface area contributed by atoms with E-state index < -0.39 is 0 Å². The van der Waals surface area contributed by atoms with Crippen molar-refractivity contribution >= 4 is 0 Å². The third-order valence-corrected chi connectivity index (χ3v) is 3.34. The second-order valence-corrected chi connectivity index (χ2v) is 4.38. The molecule has 1 aromatic rings. The standard InChI is InChI=1S/C12H19NO/c1-9(11-5-3-6-11)13-10(2)12-7-4-8-14-12/h4,7-11,13H,3,5-6H2,1-2H3. The van der Waals surface area contributed by atoms with E-state index in [9.17, 15) is 0 Å². The van der Waals surface area contributed by atoms with Gasteiger partial charge in [0.1, 0.15) is 5.76 Å². The summed E-state index contributed by atoms with van der Waals surface area (Å²) in [5.41, 5.74) is 0. The zero-order valence-corrected chi connectivity index (χ0v) is 8.99. The summed E-state index contributed by atoms with van der Waals surface area (Å²) in [7, 11) is 0. The summed E-state index contributed by atoms with van der Waals surface area (Å²) in [5.74, 6) is 1.92. The molecule has 1 heterocycles. The van der Waals surface area contributed by atoms with E-state index in [4.69, 9.17) is 4.42 Å². The first-order valence-electron chi connectivity index (χ1n) is 5.57. The van der Waals surface area contributed by atoms with Gasteiger partial charge in [-0.25, -0.2) is 0 Å². The van der Waals surface area contributed by atoms with Crippen molar-refractivity contribution in [2.75, 3.05) is 0 Å². The van der Waals surface area contributed by atoms with Crippen LogP contribution in [0.5, 0.6) is 0 Å². The fourth-order valence-corrected chi connectivity index (χ4v) is 2.09. The van der Waals surface area contributed by atoms with E-state index in [1.807, 2.05) is 12.1 Å². The van der Waals surface area contributed by atoms with Crippen molar-refractivity contribution in [3.8, 4) is 0 Å². The normalized spacial score (nSPS) is 21.6. The molecule has 0 amide bonds. The van der Waals surface area contributed by atoms with Gasteiger partial charge < -0.3 is 9.73 Å². The minimum atomic E-state index is 0.334. The molecule has 0 bridgehead atoms. The Balaban J connectivity index is 1.84. The first-order valence-corrected chi connectivity index (χ1v) is 5.57. The van der Waals surface area contributed by atoms with Crippen LogP contribution in [0, 0.1) is 5.92 Å². The lowest BCUT2D eigenvalue weighted by Gasteiger charge is -2.33. The highest BCUT2D eigenvalue weighted by molar-refractivity contribution is 5.03. The van der Waals surface area contributed by atoms with Crippen molar-refractivity contribution in [2.45, 2.75) is 45.2 Å². The molecule has 0 aromatic carbocycles. The monoisotopic (exact) mass is 193 g/mol. The predicted molar refractivity (Wildman–Crippen MR) is 57.1 cm³/mol. The summed E-state index contributed by atoms with van der Waals surface area (Å²) in [6.45, 7) is 4.44. The Hall–Kier alpha value is -0.760. The van der Waals surface area contributed by atoms with Gasteiger partial charge in [-0.05, 0) is 44.7 Å². The molecule has 0 spiro atoms. The molecule has 2 unspecified atom stereocenters. The van der Waals surface area contributed by atoms with Crippen LogP contribution in [0.25, 0.3) is 0 Å². The van der Waals surface area contributed by atoms with Crippen molar-refractivity contribution in [1.29, 1.82) is 0 Å². The molecule has 1 N–H and O–H groups in total. The summed E-state index contributed by atoms with van der Waals surface area (Å²) in [5, 5.41) is 3.59. The van der Waals surface area contributed by atoms with E-state index in [0.717, 1.165) is 11.7 Å². The van der Waals surface area contributed by atoms with Gasteiger partial charge in [-0.1, -0.05) is 6.42 Å². The van der Waals surface area contributed by atoms with Crippen molar-refractivity contribution in [1.82, 2.24) is 5.32 Å². The van der Waals surface area contributed by atoms with E-state index >= 15 is 0 Å². The second kappa shape index (κ2) is 4.18. The first-order chi connectivity index (χ1) is 6.77. The molecule has 14 heavy (non-hydrogen) atoms. The number of rotatable bonds is 4. The van der Waals surface area contributed by atoms with Crippen molar-refractivity contribution in [3.05, 3.63) is 24.2 Å². The second-order valence-electron chi connectivity index (χ2n) is 4.38. The summed E-state index contributed by atoms with van der Waals surface area (Å²) in [6, 6.07) is 4.93. The van der Waals surface area contributed by atoms with Crippen LogP contribution in [0.15, 0.2) is 22.8 Å². The Morgan fingerprint density at radius 3 is 2.71 bits per heavy atom. The molecule has 0 radical (unpaired) electrons. The van der Waals surface area contributed by atoms with E-state index in [-0.39, 0.29) is 0 Å². The Labute approximate surface area is 85.7 Å². The summed E-state index contributed by atoms with van der Waals surface area (Å²) < 4.78 is 5.37.